The largest absolute Gasteiger partial charge is 0.457 e. The second kappa shape index (κ2) is 5.09. The minimum atomic E-state index is -0.455. The Kier molecular flexibility index (Phi) is 3.28. The average Bonchev–Trinajstić information content (AvgIpc) is 2.98. The Morgan fingerprint density at radius 3 is 2.55 bits per heavy atom. The highest BCUT2D eigenvalue weighted by Crippen LogP contribution is 2.25. The van der Waals surface area contributed by atoms with Crippen LogP contribution in [-0.2, 0) is 9.53 Å². The summed E-state index contributed by atoms with van der Waals surface area (Å²) in [6, 6.07) is 11.4. The Morgan fingerprint density at radius 2 is 1.90 bits per heavy atom. The number of carbonyl (C=O) groups excluding carboxylic acids is 1. The number of furan rings is 1. The molecule has 4 nitrogen and oxygen atoms in total. The molecular formula is C15H10BrNO3. The van der Waals surface area contributed by atoms with Crippen LogP contribution in [-0.4, -0.2) is 11.9 Å². The van der Waals surface area contributed by atoms with Crippen LogP contribution in [0.4, 0.5) is 0 Å². The summed E-state index contributed by atoms with van der Waals surface area (Å²) >= 11 is 3.39. The van der Waals surface area contributed by atoms with Gasteiger partial charge in [-0.1, -0.05) is 28.1 Å². The molecule has 1 aromatic carbocycles. The standard InChI is InChI=1S/C15H10BrNO3/c1-9-17-13(15(18)19-9)8-12-6-7-14(20-12)10-2-4-11(16)5-3-10/h2-8H,1H3. The Balaban J connectivity index is 1.89. The smallest absolute Gasteiger partial charge is 0.363 e. The van der Waals surface area contributed by atoms with Crippen molar-refractivity contribution in [2.45, 2.75) is 6.92 Å². The van der Waals surface area contributed by atoms with Gasteiger partial charge in [0.2, 0.25) is 0 Å². The second-order valence-corrected chi connectivity index (χ2v) is 5.17. The van der Waals surface area contributed by atoms with Crippen molar-refractivity contribution >= 4 is 33.9 Å². The van der Waals surface area contributed by atoms with Crippen LogP contribution in [0.3, 0.4) is 0 Å². The third kappa shape index (κ3) is 2.58. The first-order valence-electron chi connectivity index (χ1n) is 5.97. The lowest BCUT2D eigenvalue weighted by Crippen LogP contribution is -1.99. The number of ether oxygens (including phenoxy) is 1. The summed E-state index contributed by atoms with van der Waals surface area (Å²) < 4.78 is 11.5. The first-order chi connectivity index (χ1) is 9.61. The number of hydrogen-bond acceptors (Lipinski definition) is 4. The molecule has 1 aliphatic heterocycles. The summed E-state index contributed by atoms with van der Waals surface area (Å²) in [6.07, 6.45) is 1.57. The van der Waals surface area contributed by atoms with Crippen molar-refractivity contribution in [3.8, 4) is 11.3 Å². The molecule has 1 aromatic heterocycles. The van der Waals surface area contributed by atoms with Crippen LogP contribution in [0.1, 0.15) is 12.7 Å². The van der Waals surface area contributed by atoms with E-state index in [-0.39, 0.29) is 5.70 Å². The maximum absolute atomic E-state index is 11.5. The highest BCUT2D eigenvalue weighted by Gasteiger charge is 2.20. The average molecular weight is 332 g/mol. The molecule has 0 N–H and O–H groups in total. The Labute approximate surface area is 123 Å². The summed E-state index contributed by atoms with van der Waals surface area (Å²) in [4.78, 5) is 15.4. The fourth-order valence-electron chi connectivity index (χ4n) is 1.85. The fourth-order valence-corrected chi connectivity index (χ4v) is 2.11. The van der Waals surface area contributed by atoms with E-state index >= 15 is 0 Å². The molecule has 0 bridgehead atoms. The van der Waals surface area contributed by atoms with E-state index in [0.717, 1.165) is 15.8 Å². The topological polar surface area (TPSA) is 51.8 Å². The van der Waals surface area contributed by atoms with Gasteiger partial charge in [0.15, 0.2) is 11.6 Å². The Hall–Kier alpha value is -2.14. The van der Waals surface area contributed by atoms with Gasteiger partial charge in [-0.25, -0.2) is 9.79 Å². The molecule has 0 radical (unpaired) electrons. The van der Waals surface area contributed by atoms with Gasteiger partial charge >= 0.3 is 5.97 Å². The van der Waals surface area contributed by atoms with Crippen LogP contribution in [0.15, 0.2) is 56.0 Å². The molecular weight excluding hydrogens is 322 g/mol. The van der Waals surface area contributed by atoms with E-state index in [2.05, 4.69) is 20.9 Å². The first-order valence-corrected chi connectivity index (χ1v) is 6.76. The number of carbonyl (C=O) groups is 1. The van der Waals surface area contributed by atoms with Crippen LogP contribution in [0.5, 0.6) is 0 Å². The lowest BCUT2D eigenvalue weighted by Gasteiger charge is -1.96. The van der Waals surface area contributed by atoms with E-state index in [9.17, 15) is 4.79 Å². The van der Waals surface area contributed by atoms with Crippen LogP contribution in [0, 0.1) is 0 Å². The Morgan fingerprint density at radius 1 is 1.15 bits per heavy atom. The predicted octanol–water partition coefficient (Wildman–Crippen LogP) is 4.03. The van der Waals surface area contributed by atoms with E-state index in [1.165, 1.54) is 0 Å². The molecule has 1 aliphatic rings. The molecule has 0 amide bonds. The third-order valence-corrected chi connectivity index (χ3v) is 3.29. The van der Waals surface area contributed by atoms with Crippen LogP contribution >= 0.6 is 15.9 Å². The van der Waals surface area contributed by atoms with E-state index < -0.39 is 5.97 Å². The zero-order chi connectivity index (χ0) is 14.1. The summed E-state index contributed by atoms with van der Waals surface area (Å²) in [5.41, 5.74) is 1.21. The van der Waals surface area contributed by atoms with E-state index in [1.54, 1.807) is 19.1 Å². The van der Waals surface area contributed by atoms with Crippen molar-refractivity contribution in [2.24, 2.45) is 4.99 Å². The summed E-state index contributed by atoms with van der Waals surface area (Å²) in [7, 11) is 0. The highest BCUT2D eigenvalue weighted by molar-refractivity contribution is 9.10. The molecule has 2 aromatic rings. The number of halogens is 1. The van der Waals surface area contributed by atoms with Gasteiger partial charge in [-0.3, -0.25) is 0 Å². The molecule has 20 heavy (non-hydrogen) atoms. The van der Waals surface area contributed by atoms with Gasteiger partial charge in [0.1, 0.15) is 11.5 Å². The van der Waals surface area contributed by atoms with Crippen molar-refractivity contribution < 1.29 is 13.9 Å². The van der Waals surface area contributed by atoms with Gasteiger partial charge in [0.25, 0.3) is 0 Å². The zero-order valence-electron chi connectivity index (χ0n) is 10.6. The van der Waals surface area contributed by atoms with Crippen LogP contribution in [0.25, 0.3) is 17.4 Å². The van der Waals surface area contributed by atoms with Crippen molar-refractivity contribution in [1.29, 1.82) is 0 Å². The predicted molar refractivity (Wildman–Crippen MR) is 79.0 cm³/mol. The summed E-state index contributed by atoms with van der Waals surface area (Å²) in [5.74, 6) is 1.19. The molecule has 0 aliphatic carbocycles. The maximum Gasteiger partial charge on any atom is 0.363 e. The number of esters is 1. The fraction of sp³-hybridized carbons (Fsp3) is 0.0667. The summed E-state index contributed by atoms with van der Waals surface area (Å²) in [6.45, 7) is 1.63. The van der Waals surface area contributed by atoms with E-state index in [1.807, 2.05) is 30.3 Å². The minimum Gasteiger partial charge on any atom is -0.457 e. The Bertz CT molecular complexity index is 726. The number of cyclic esters (lactones) is 1. The van der Waals surface area contributed by atoms with Crippen LogP contribution < -0.4 is 0 Å². The number of benzene rings is 1. The molecule has 0 saturated heterocycles. The molecule has 5 heteroatoms. The molecule has 0 atom stereocenters. The van der Waals surface area contributed by atoms with Gasteiger partial charge in [-0.2, -0.15) is 0 Å². The summed E-state index contributed by atoms with van der Waals surface area (Å²) in [5, 5.41) is 0. The third-order valence-electron chi connectivity index (χ3n) is 2.76. The normalized spacial score (nSPS) is 16.4. The first kappa shape index (κ1) is 12.9. The molecule has 100 valence electrons. The molecule has 0 unspecified atom stereocenters. The number of hydrogen-bond donors (Lipinski definition) is 0. The molecule has 0 saturated carbocycles. The van der Waals surface area contributed by atoms with Gasteiger partial charge in [0, 0.05) is 23.0 Å². The van der Waals surface area contributed by atoms with Crippen molar-refractivity contribution in [1.82, 2.24) is 0 Å². The van der Waals surface area contributed by atoms with Gasteiger partial charge in [0.05, 0.1) is 0 Å². The van der Waals surface area contributed by atoms with E-state index in [0.29, 0.717) is 11.7 Å². The monoisotopic (exact) mass is 331 g/mol. The molecule has 2 heterocycles. The van der Waals surface area contributed by atoms with Crippen molar-refractivity contribution in [3.63, 3.8) is 0 Å². The van der Waals surface area contributed by atoms with Gasteiger partial charge in [-0.05, 0) is 24.3 Å². The lowest BCUT2D eigenvalue weighted by atomic mass is 10.2. The maximum atomic E-state index is 11.5. The quantitative estimate of drug-likeness (QED) is 0.616. The SMILES string of the molecule is CC1=NC(=Cc2ccc(-c3ccc(Br)cc3)o2)C(=O)O1. The van der Waals surface area contributed by atoms with Gasteiger partial charge in [-0.15, -0.1) is 0 Å². The second-order valence-electron chi connectivity index (χ2n) is 4.26. The van der Waals surface area contributed by atoms with Crippen LogP contribution in [0.2, 0.25) is 0 Å². The molecule has 0 spiro atoms. The molecule has 3 rings (SSSR count). The van der Waals surface area contributed by atoms with Gasteiger partial charge < -0.3 is 9.15 Å². The number of nitrogens with zero attached hydrogens (tertiary/aromatic N) is 1. The number of rotatable bonds is 2. The van der Waals surface area contributed by atoms with Crippen molar-refractivity contribution in [2.75, 3.05) is 0 Å². The highest BCUT2D eigenvalue weighted by atomic mass is 79.9. The number of aliphatic imine (C=N–C) groups is 1. The van der Waals surface area contributed by atoms with Crippen molar-refractivity contribution in [3.05, 3.63) is 52.3 Å². The zero-order valence-corrected chi connectivity index (χ0v) is 12.2. The van der Waals surface area contributed by atoms with E-state index in [4.69, 9.17) is 9.15 Å². The lowest BCUT2D eigenvalue weighted by molar-refractivity contribution is -0.130. The minimum absolute atomic E-state index is 0.249. The molecule has 0 fully saturated rings.